The van der Waals surface area contributed by atoms with Gasteiger partial charge in [0.05, 0.1) is 17.9 Å². The van der Waals surface area contributed by atoms with Crippen LogP contribution in [-0.4, -0.2) is 33.4 Å². The maximum Gasteiger partial charge on any atom is 0.322 e. The third-order valence-electron chi connectivity index (χ3n) is 3.61. The van der Waals surface area contributed by atoms with E-state index in [1.54, 1.807) is 25.4 Å². The van der Waals surface area contributed by atoms with Crippen molar-refractivity contribution in [3.05, 3.63) is 54.1 Å². The number of pyridine rings is 1. The molecule has 5 nitrogen and oxygen atoms in total. The normalized spacial score (nSPS) is 13.2. The highest BCUT2D eigenvalue weighted by Crippen LogP contribution is 2.21. The highest BCUT2D eigenvalue weighted by Gasteiger charge is 2.18. The molecule has 2 amide bonds. The Bertz CT molecular complexity index is 722. The molecule has 0 aliphatic rings. The summed E-state index contributed by atoms with van der Waals surface area (Å²) in [6.07, 6.45) is 4.07. The maximum absolute atomic E-state index is 13.5. The van der Waals surface area contributed by atoms with Crippen molar-refractivity contribution >= 4 is 22.5 Å². The van der Waals surface area contributed by atoms with E-state index in [-0.39, 0.29) is 11.7 Å². The first-order valence-corrected chi connectivity index (χ1v) is 8.52. The molecule has 0 aliphatic carbocycles. The molecule has 0 spiro atoms. The van der Waals surface area contributed by atoms with Gasteiger partial charge in [-0.15, -0.1) is 0 Å². The van der Waals surface area contributed by atoms with Crippen LogP contribution in [0.2, 0.25) is 0 Å². The molecule has 1 heterocycles. The van der Waals surface area contributed by atoms with Crippen molar-refractivity contribution in [3.63, 3.8) is 0 Å². The lowest BCUT2D eigenvalue weighted by Crippen LogP contribution is -2.33. The van der Waals surface area contributed by atoms with Crippen molar-refractivity contribution in [2.24, 2.45) is 0 Å². The van der Waals surface area contributed by atoms with Crippen LogP contribution in [0, 0.1) is 5.82 Å². The van der Waals surface area contributed by atoms with E-state index in [0.717, 1.165) is 16.7 Å². The molecule has 0 saturated heterocycles. The van der Waals surface area contributed by atoms with E-state index in [4.69, 9.17) is 0 Å². The molecule has 0 bridgehead atoms. The van der Waals surface area contributed by atoms with Crippen molar-refractivity contribution in [3.8, 4) is 0 Å². The fourth-order valence-electron chi connectivity index (χ4n) is 2.02. The van der Waals surface area contributed by atoms with Crippen LogP contribution in [-0.2, 0) is 10.8 Å². The van der Waals surface area contributed by atoms with Gasteiger partial charge in [-0.25, -0.2) is 9.18 Å². The molecule has 2 atom stereocenters. The van der Waals surface area contributed by atoms with E-state index in [2.05, 4.69) is 10.3 Å². The SMILES string of the molecule is C[C@H](c1ccc([S@](C)=O)cc1)N(C)C(=O)Nc1ccncc1F. The van der Waals surface area contributed by atoms with Gasteiger partial charge in [-0.05, 0) is 30.7 Å². The van der Waals surface area contributed by atoms with E-state index >= 15 is 0 Å². The predicted molar refractivity (Wildman–Crippen MR) is 88.2 cm³/mol. The van der Waals surface area contributed by atoms with E-state index < -0.39 is 22.6 Å². The Morgan fingerprint density at radius 2 is 1.96 bits per heavy atom. The molecular formula is C16H18FN3O2S. The average molecular weight is 335 g/mol. The second-order valence-electron chi connectivity index (χ2n) is 5.10. The van der Waals surface area contributed by atoms with E-state index in [9.17, 15) is 13.4 Å². The quantitative estimate of drug-likeness (QED) is 0.933. The zero-order chi connectivity index (χ0) is 17.0. The van der Waals surface area contributed by atoms with Crippen LogP contribution in [0.3, 0.4) is 0 Å². The molecule has 2 aromatic rings. The molecule has 0 fully saturated rings. The number of nitrogens with zero attached hydrogens (tertiary/aromatic N) is 2. The average Bonchev–Trinajstić information content (AvgIpc) is 2.55. The minimum Gasteiger partial charge on any atom is -0.321 e. The molecule has 1 aromatic heterocycles. The number of rotatable bonds is 4. The second kappa shape index (κ2) is 7.32. The molecule has 23 heavy (non-hydrogen) atoms. The first-order valence-electron chi connectivity index (χ1n) is 6.97. The highest BCUT2D eigenvalue weighted by molar-refractivity contribution is 7.84. The summed E-state index contributed by atoms with van der Waals surface area (Å²) in [7, 11) is 0.590. The first-order chi connectivity index (χ1) is 10.9. The largest absolute Gasteiger partial charge is 0.322 e. The molecule has 0 unspecified atom stereocenters. The summed E-state index contributed by atoms with van der Waals surface area (Å²) in [6, 6.07) is 7.96. The zero-order valence-electron chi connectivity index (χ0n) is 13.1. The third-order valence-corrected chi connectivity index (χ3v) is 4.55. The summed E-state index contributed by atoms with van der Waals surface area (Å²) < 4.78 is 24.9. The minimum absolute atomic E-state index is 0.0841. The molecule has 7 heteroatoms. The smallest absolute Gasteiger partial charge is 0.321 e. The number of hydrogen-bond donors (Lipinski definition) is 1. The monoisotopic (exact) mass is 335 g/mol. The van der Waals surface area contributed by atoms with Gasteiger partial charge in [0.25, 0.3) is 0 Å². The summed E-state index contributed by atoms with van der Waals surface area (Å²) in [5, 5.41) is 2.51. The van der Waals surface area contributed by atoms with Crippen molar-refractivity contribution < 1.29 is 13.4 Å². The van der Waals surface area contributed by atoms with Crippen molar-refractivity contribution in [1.29, 1.82) is 0 Å². The Kier molecular flexibility index (Phi) is 5.44. The molecule has 0 saturated carbocycles. The second-order valence-corrected chi connectivity index (χ2v) is 6.48. The molecule has 0 radical (unpaired) electrons. The van der Waals surface area contributed by atoms with Gasteiger partial charge in [-0.2, -0.15) is 0 Å². The molecular weight excluding hydrogens is 317 g/mol. The maximum atomic E-state index is 13.5. The number of halogens is 1. The van der Waals surface area contributed by atoms with Gasteiger partial charge in [-0.1, -0.05) is 12.1 Å². The van der Waals surface area contributed by atoms with Crippen LogP contribution < -0.4 is 5.32 Å². The van der Waals surface area contributed by atoms with Gasteiger partial charge in [-0.3, -0.25) is 9.19 Å². The third kappa shape index (κ3) is 4.13. The fraction of sp³-hybridized carbons (Fsp3) is 0.250. The Morgan fingerprint density at radius 3 is 2.52 bits per heavy atom. The lowest BCUT2D eigenvalue weighted by atomic mass is 10.1. The molecule has 122 valence electrons. The lowest BCUT2D eigenvalue weighted by Gasteiger charge is -2.25. The van der Waals surface area contributed by atoms with Crippen LogP contribution in [0.1, 0.15) is 18.5 Å². The Balaban J connectivity index is 2.09. The van der Waals surface area contributed by atoms with Crippen molar-refractivity contribution in [1.82, 2.24) is 9.88 Å². The van der Waals surface area contributed by atoms with Gasteiger partial charge >= 0.3 is 6.03 Å². The van der Waals surface area contributed by atoms with Gasteiger partial charge in [0.1, 0.15) is 0 Å². The first kappa shape index (κ1) is 17.1. The van der Waals surface area contributed by atoms with Crippen molar-refractivity contribution in [2.75, 3.05) is 18.6 Å². The number of hydrogen-bond acceptors (Lipinski definition) is 3. The van der Waals surface area contributed by atoms with E-state index in [1.165, 1.54) is 17.2 Å². The van der Waals surface area contributed by atoms with Crippen LogP contribution in [0.25, 0.3) is 0 Å². The Hall–Kier alpha value is -2.28. The standard InChI is InChI=1S/C16H18FN3O2S/c1-11(12-4-6-13(7-5-12)23(3)22)20(2)16(21)19-15-8-9-18-10-14(15)17/h4-11H,1-3H3,(H,18,19,21)/t11-,23+/m1/s1. The number of carbonyl (C=O) groups excluding carboxylic acids is 1. The number of benzene rings is 1. The highest BCUT2D eigenvalue weighted by atomic mass is 32.2. The van der Waals surface area contributed by atoms with Gasteiger partial charge in [0.15, 0.2) is 5.82 Å². The summed E-state index contributed by atoms with van der Waals surface area (Å²) >= 11 is 0. The number of nitrogens with one attached hydrogen (secondary N) is 1. The summed E-state index contributed by atoms with van der Waals surface area (Å²) in [6.45, 7) is 1.86. The molecule has 2 rings (SSSR count). The molecule has 1 aromatic carbocycles. The molecule has 0 aliphatic heterocycles. The number of amides is 2. The van der Waals surface area contributed by atoms with Crippen LogP contribution in [0.5, 0.6) is 0 Å². The lowest BCUT2D eigenvalue weighted by molar-refractivity contribution is 0.208. The van der Waals surface area contributed by atoms with Crippen LogP contribution in [0.4, 0.5) is 14.9 Å². The molecule has 1 N–H and O–H groups in total. The van der Waals surface area contributed by atoms with Crippen LogP contribution in [0.15, 0.2) is 47.6 Å². The number of anilines is 1. The van der Waals surface area contributed by atoms with E-state index in [1.807, 2.05) is 19.1 Å². The van der Waals surface area contributed by atoms with Crippen molar-refractivity contribution in [2.45, 2.75) is 17.9 Å². The fourth-order valence-corrected chi connectivity index (χ4v) is 2.54. The Labute approximate surface area is 137 Å². The number of urea groups is 1. The zero-order valence-corrected chi connectivity index (χ0v) is 13.9. The summed E-state index contributed by atoms with van der Waals surface area (Å²) in [5.74, 6) is -0.586. The summed E-state index contributed by atoms with van der Waals surface area (Å²) in [5.41, 5.74) is 0.979. The van der Waals surface area contributed by atoms with Gasteiger partial charge < -0.3 is 10.2 Å². The van der Waals surface area contributed by atoms with Gasteiger partial charge in [0.2, 0.25) is 0 Å². The summed E-state index contributed by atoms with van der Waals surface area (Å²) in [4.78, 5) is 18.1. The topological polar surface area (TPSA) is 62.3 Å². The predicted octanol–water partition coefficient (Wildman–Crippen LogP) is 3.18. The van der Waals surface area contributed by atoms with E-state index in [0.29, 0.717) is 0 Å². The van der Waals surface area contributed by atoms with Gasteiger partial charge in [0, 0.05) is 35.2 Å². The number of aromatic nitrogens is 1. The minimum atomic E-state index is -1.04. The van der Waals surface area contributed by atoms with Crippen LogP contribution >= 0.6 is 0 Å². The Morgan fingerprint density at radius 1 is 1.30 bits per heavy atom. The number of carbonyl (C=O) groups is 1.